The van der Waals surface area contributed by atoms with Crippen LogP contribution in [0, 0.1) is 11.8 Å². The summed E-state index contributed by atoms with van der Waals surface area (Å²) in [5.41, 5.74) is 1.70. The van der Waals surface area contributed by atoms with E-state index in [0.717, 1.165) is 18.4 Å². The molecule has 2 fully saturated rings. The van der Waals surface area contributed by atoms with E-state index in [1.54, 1.807) is 0 Å². The molecule has 2 aliphatic rings. The number of likely N-dealkylation sites (tertiary alicyclic amines) is 1. The molecule has 1 saturated heterocycles. The summed E-state index contributed by atoms with van der Waals surface area (Å²) in [5, 5.41) is 1.34. The smallest absolute Gasteiger partial charge is 0.0595 e. The lowest BCUT2D eigenvalue weighted by Crippen LogP contribution is -2.34. The Hall–Kier alpha value is -0.240. The Morgan fingerprint density at radius 1 is 1.28 bits per heavy atom. The van der Waals surface area contributed by atoms with Crippen LogP contribution in [0.25, 0.3) is 0 Å². The maximum Gasteiger partial charge on any atom is 0.0595 e. The zero-order valence-corrected chi connectivity index (χ0v) is 12.6. The van der Waals surface area contributed by atoms with Crippen LogP contribution in [0.5, 0.6) is 0 Å². The van der Waals surface area contributed by atoms with E-state index in [-0.39, 0.29) is 0 Å². The number of halogens is 2. The Balaban J connectivity index is 1.93. The molecule has 1 aromatic rings. The number of hydrogen-bond donors (Lipinski definition) is 0. The van der Waals surface area contributed by atoms with Crippen molar-refractivity contribution < 1.29 is 0 Å². The molecular formula is C15H19Cl2N. The van der Waals surface area contributed by atoms with E-state index >= 15 is 0 Å². The van der Waals surface area contributed by atoms with Crippen LogP contribution in [-0.2, 0) is 5.41 Å². The summed E-state index contributed by atoms with van der Waals surface area (Å²) in [4.78, 5) is 2.58. The molecule has 1 heterocycles. The third-order valence-electron chi connectivity index (χ3n) is 5.05. The molecule has 98 valence electrons. The lowest BCUT2D eigenvalue weighted by atomic mass is 9.93. The first-order chi connectivity index (χ1) is 8.46. The first-order valence-corrected chi connectivity index (χ1v) is 7.42. The minimum Gasteiger partial charge on any atom is -0.300 e. The molecule has 0 bridgehead atoms. The van der Waals surface area contributed by atoms with E-state index in [2.05, 4.69) is 37.8 Å². The topological polar surface area (TPSA) is 3.24 Å². The van der Waals surface area contributed by atoms with Gasteiger partial charge in [-0.25, -0.2) is 0 Å². The Morgan fingerprint density at radius 3 is 2.61 bits per heavy atom. The molecule has 1 aliphatic carbocycles. The minimum atomic E-state index is 0.332. The Labute approximate surface area is 119 Å². The van der Waals surface area contributed by atoms with Crippen LogP contribution in [-0.4, -0.2) is 24.0 Å². The molecule has 0 spiro atoms. The standard InChI is InChI=1S/C15H19Cl2N/c1-9(2)18-7-12-10(3)15(12,8-18)11-4-5-13(16)14(17)6-11/h4-6,9-10,12H,7-8H2,1-3H3/t10?,12-,15?/m1/s1. The molecule has 3 atom stereocenters. The average Bonchev–Trinajstić information content (AvgIpc) is 2.75. The van der Waals surface area contributed by atoms with Gasteiger partial charge >= 0.3 is 0 Å². The monoisotopic (exact) mass is 283 g/mol. The van der Waals surface area contributed by atoms with Crippen LogP contribution in [0.15, 0.2) is 18.2 Å². The summed E-state index contributed by atoms with van der Waals surface area (Å²) in [6.07, 6.45) is 0. The van der Waals surface area contributed by atoms with E-state index in [9.17, 15) is 0 Å². The zero-order valence-electron chi connectivity index (χ0n) is 11.1. The summed E-state index contributed by atoms with van der Waals surface area (Å²) in [5.74, 6) is 1.56. The van der Waals surface area contributed by atoms with Gasteiger partial charge in [-0.3, -0.25) is 4.90 Å². The summed E-state index contributed by atoms with van der Waals surface area (Å²) in [6, 6.07) is 6.80. The van der Waals surface area contributed by atoms with Gasteiger partial charge in [-0.2, -0.15) is 0 Å². The molecule has 0 amide bonds. The molecule has 0 radical (unpaired) electrons. The van der Waals surface area contributed by atoms with Gasteiger partial charge in [0, 0.05) is 24.5 Å². The fraction of sp³-hybridized carbons (Fsp3) is 0.600. The van der Waals surface area contributed by atoms with Crippen LogP contribution >= 0.6 is 23.2 Å². The maximum atomic E-state index is 6.17. The molecule has 3 heteroatoms. The maximum absolute atomic E-state index is 6.17. The number of hydrogen-bond acceptors (Lipinski definition) is 1. The molecule has 0 N–H and O–H groups in total. The highest BCUT2D eigenvalue weighted by atomic mass is 35.5. The fourth-order valence-corrected chi connectivity index (χ4v) is 4.01. The average molecular weight is 284 g/mol. The summed E-state index contributed by atoms with van der Waals surface area (Å²) < 4.78 is 0. The molecule has 1 nitrogen and oxygen atoms in total. The van der Waals surface area contributed by atoms with Gasteiger partial charge in [-0.05, 0) is 43.4 Å². The second-order valence-electron chi connectivity index (χ2n) is 6.09. The van der Waals surface area contributed by atoms with Gasteiger partial charge in [0.05, 0.1) is 10.0 Å². The van der Waals surface area contributed by atoms with Crippen molar-refractivity contribution >= 4 is 23.2 Å². The van der Waals surface area contributed by atoms with Gasteiger partial charge in [-0.1, -0.05) is 36.2 Å². The van der Waals surface area contributed by atoms with Gasteiger partial charge in [-0.15, -0.1) is 0 Å². The molecule has 1 saturated carbocycles. The number of benzene rings is 1. The van der Waals surface area contributed by atoms with Crippen molar-refractivity contribution in [3.8, 4) is 0 Å². The summed E-state index contributed by atoms with van der Waals surface area (Å²) in [6.45, 7) is 9.30. The SMILES string of the molecule is CC(C)N1C[C@@H]2C(C)C2(c2ccc(Cl)c(Cl)c2)C1. The molecule has 1 aliphatic heterocycles. The molecule has 18 heavy (non-hydrogen) atoms. The fourth-order valence-electron chi connectivity index (χ4n) is 3.71. The number of piperidine rings is 1. The lowest BCUT2D eigenvalue weighted by Gasteiger charge is -2.26. The highest BCUT2D eigenvalue weighted by molar-refractivity contribution is 6.42. The third-order valence-corrected chi connectivity index (χ3v) is 5.79. The predicted molar refractivity (Wildman–Crippen MR) is 77.5 cm³/mol. The second kappa shape index (κ2) is 4.13. The van der Waals surface area contributed by atoms with E-state index in [1.165, 1.54) is 12.1 Å². The zero-order chi connectivity index (χ0) is 13.1. The second-order valence-corrected chi connectivity index (χ2v) is 6.90. The van der Waals surface area contributed by atoms with Crippen LogP contribution in [0.2, 0.25) is 10.0 Å². The molecular weight excluding hydrogens is 265 g/mol. The number of rotatable bonds is 2. The molecule has 3 rings (SSSR count). The normalized spacial score (nSPS) is 35.0. The van der Waals surface area contributed by atoms with Crippen LogP contribution < -0.4 is 0 Å². The van der Waals surface area contributed by atoms with E-state index < -0.39 is 0 Å². The highest BCUT2D eigenvalue weighted by Crippen LogP contribution is 2.64. The van der Waals surface area contributed by atoms with Crippen molar-refractivity contribution in [1.29, 1.82) is 0 Å². The number of fused-ring (bicyclic) bond motifs is 1. The van der Waals surface area contributed by atoms with Crippen molar-refractivity contribution in [3.63, 3.8) is 0 Å². The van der Waals surface area contributed by atoms with Crippen molar-refractivity contribution in [2.75, 3.05) is 13.1 Å². The Kier molecular flexibility index (Phi) is 2.93. The Morgan fingerprint density at radius 2 is 2.00 bits per heavy atom. The van der Waals surface area contributed by atoms with Crippen LogP contribution in [0.3, 0.4) is 0 Å². The predicted octanol–water partition coefficient (Wildman–Crippen LogP) is 4.22. The lowest BCUT2D eigenvalue weighted by molar-refractivity contribution is 0.230. The quantitative estimate of drug-likeness (QED) is 0.786. The summed E-state index contributed by atoms with van der Waals surface area (Å²) >= 11 is 12.2. The van der Waals surface area contributed by atoms with Crippen molar-refractivity contribution in [2.24, 2.45) is 11.8 Å². The third kappa shape index (κ3) is 1.64. The molecule has 0 aromatic heterocycles. The number of nitrogens with zero attached hydrogens (tertiary/aromatic N) is 1. The van der Waals surface area contributed by atoms with Crippen molar-refractivity contribution in [1.82, 2.24) is 4.90 Å². The highest BCUT2D eigenvalue weighted by Gasteiger charge is 2.67. The van der Waals surface area contributed by atoms with E-state index in [0.29, 0.717) is 21.5 Å². The Bertz CT molecular complexity index is 485. The first-order valence-electron chi connectivity index (χ1n) is 6.66. The van der Waals surface area contributed by atoms with Gasteiger partial charge in [0.1, 0.15) is 0 Å². The van der Waals surface area contributed by atoms with Crippen molar-refractivity contribution in [3.05, 3.63) is 33.8 Å². The molecule has 1 aromatic carbocycles. The van der Waals surface area contributed by atoms with Crippen molar-refractivity contribution in [2.45, 2.75) is 32.2 Å². The molecule has 2 unspecified atom stereocenters. The van der Waals surface area contributed by atoms with Gasteiger partial charge in [0.25, 0.3) is 0 Å². The summed E-state index contributed by atoms with van der Waals surface area (Å²) in [7, 11) is 0. The van der Waals surface area contributed by atoms with Gasteiger partial charge < -0.3 is 0 Å². The largest absolute Gasteiger partial charge is 0.300 e. The first kappa shape index (κ1) is 12.8. The minimum absolute atomic E-state index is 0.332. The van der Waals surface area contributed by atoms with Crippen LogP contribution in [0.1, 0.15) is 26.3 Å². The van der Waals surface area contributed by atoms with E-state index in [1.807, 2.05) is 6.07 Å². The van der Waals surface area contributed by atoms with Gasteiger partial charge in [0.15, 0.2) is 0 Å². The van der Waals surface area contributed by atoms with Gasteiger partial charge in [0.2, 0.25) is 0 Å². The van der Waals surface area contributed by atoms with E-state index in [4.69, 9.17) is 23.2 Å². The van der Waals surface area contributed by atoms with Crippen LogP contribution in [0.4, 0.5) is 0 Å².